The predicted octanol–water partition coefficient (Wildman–Crippen LogP) is 2.05. The van der Waals surface area contributed by atoms with Gasteiger partial charge >= 0.3 is 0 Å². The summed E-state index contributed by atoms with van der Waals surface area (Å²) >= 11 is 0. The molecule has 0 spiro atoms. The molecule has 0 aromatic heterocycles. The molecule has 1 heterocycles. The average Bonchev–Trinajstić information content (AvgIpc) is 2.80. The minimum atomic E-state index is 0.610. The van der Waals surface area contributed by atoms with Crippen LogP contribution in [0.15, 0.2) is 35.3 Å². The van der Waals surface area contributed by atoms with Crippen LogP contribution in [0.2, 0.25) is 0 Å². The summed E-state index contributed by atoms with van der Waals surface area (Å²) in [4.78, 5) is 4.61. The van der Waals surface area contributed by atoms with Crippen LogP contribution in [0.1, 0.15) is 31.2 Å². The van der Waals surface area contributed by atoms with Gasteiger partial charge in [-0.25, -0.2) is 4.99 Å². The second-order valence-corrected chi connectivity index (χ2v) is 4.94. The van der Waals surface area contributed by atoms with Crippen LogP contribution < -0.4 is 10.6 Å². The molecule has 17 heavy (non-hydrogen) atoms. The van der Waals surface area contributed by atoms with Crippen LogP contribution in [0.25, 0.3) is 0 Å². The Morgan fingerprint density at radius 2 is 1.65 bits per heavy atom. The molecule has 2 fully saturated rings. The van der Waals surface area contributed by atoms with Crippen molar-refractivity contribution in [2.24, 2.45) is 4.99 Å². The van der Waals surface area contributed by atoms with E-state index in [4.69, 9.17) is 0 Å². The number of guanidine groups is 1. The van der Waals surface area contributed by atoms with Gasteiger partial charge in [0.2, 0.25) is 0 Å². The van der Waals surface area contributed by atoms with E-state index in [0.717, 1.165) is 12.5 Å². The van der Waals surface area contributed by atoms with Gasteiger partial charge in [0, 0.05) is 12.1 Å². The van der Waals surface area contributed by atoms with Crippen molar-refractivity contribution < 1.29 is 0 Å². The summed E-state index contributed by atoms with van der Waals surface area (Å²) in [5.74, 6) is 0.991. The van der Waals surface area contributed by atoms with E-state index < -0.39 is 0 Å². The first-order valence-corrected chi connectivity index (χ1v) is 6.53. The maximum absolute atomic E-state index is 4.61. The molecular weight excluding hydrogens is 210 g/mol. The predicted molar refractivity (Wildman–Crippen MR) is 69.9 cm³/mol. The number of benzene rings is 1. The van der Waals surface area contributed by atoms with Crippen molar-refractivity contribution in [2.45, 2.75) is 44.3 Å². The fourth-order valence-electron chi connectivity index (χ4n) is 2.71. The molecule has 1 aromatic carbocycles. The molecule has 0 bridgehead atoms. The van der Waals surface area contributed by atoms with Gasteiger partial charge in [-0.05, 0) is 18.4 Å². The number of rotatable bonds is 2. The topological polar surface area (TPSA) is 36.4 Å². The Labute approximate surface area is 102 Å². The second-order valence-electron chi connectivity index (χ2n) is 4.94. The first-order valence-electron chi connectivity index (χ1n) is 6.53. The first-order chi connectivity index (χ1) is 8.42. The Morgan fingerprint density at radius 1 is 1.00 bits per heavy atom. The molecule has 2 aliphatic rings. The summed E-state index contributed by atoms with van der Waals surface area (Å²) in [7, 11) is 0. The van der Waals surface area contributed by atoms with Gasteiger partial charge in [-0.15, -0.1) is 0 Å². The van der Waals surface area contributed by atoms with Crippen molar-refractivity contribution in [3.05, 3.63) is 35.9 Å². The highest BCUT2D eigenvalue weighted by Gasteiger charge is 2.31. The molecule has 3 heteroatoms. The monoisotopic (exact) mass is 229 g/mol. The SMILES string of the molecule is c1ccc(CN=C2NC3CCCCC3N2)cc1. The quantitative estimate of drug-likeness (QED) is 0.814. The first kappa shape index (κ1) is 10.6. The van der Waals surface area contributed by atoms with Crippen molar-refractivity contribution in [3.63, 3.8) is 0 Å². The van der Waals surface area contributed by atoms with E-state index >= 15 is 0 Å². The molecule has 3 rings (SSSR count). The van der Waals surface area contributed by atoms with Crippen LogP contribution in [0.5, 0.6) is 0 Å². The van der Waals surface area contributed by atoms with Gasteiger partial charge in [0.05, 0.1) is 6.54 Å². The lowest BCUT2D eigenvalue weighted by atomic mass is 9.92. The van der Waals surface area contributed by atoms with Crippen LogP contribution in [0.3, 0.4) is 0 Å². The second kappa shape index (κ2) is 4.78. The third kappa shape index (κ3) is 2.43. The minimum Gasteiger partial charge on any atom is -0.352 e. The Bertz CT molecular complexity index is 383. The van der Waals surface area contributed by atoms with Crippen molar-refractivity contribution >= 4 is 5.96 Å². The lowest BCUT2D eigenvalue weighted by Crippen LogP contribution is -2.36. The molecule has 90 valence electrons. The van der Waals surface area contributed by atoms with Crippen LogP contribution in [0.4, 0.5) is 0 Å². The molecular formula is C14H19N3. The molecule has 1 saturated heterocycles. The fourth-order valence-corrected chi connectivity index (χ4v) is 2.71. The van der Waals surface area contributed by atoms with Crippen LogP contribution in [-0.4, -0.2) is 18.0 Å². The molecule has 1 saturated carbocycles. The standard InChI is InChI=1S/C14H19N3/c1-2-6-11(7-3-1)10-15-14-16-12-8-4-5-9-13(12)17-14/h1-3,6-7,12-13H,4-5,8-10H2,(H2,15,16,17). The van der Waals surface area contributed by atoms with E-state index in [1.54, 1.807) is 0 Å². The molecule has 1 aliphatic heterocycles. The lowest BCUT2D eigenvalue weighted by molar-refractivity contribution is 0.374. The molecule has 1 aromatic rings. The smallest absolute Gasteiger partial charge is 0.192 e. The summed E-state index contributed by atoms with van der Waals surface area (Å²) < 4.78 is 0. The molecule has 2 N–H and O–H groups in total. The van der Waals surface area contributed by atoms with Crippen molar-refractivity contribution in [1.29, 1.82) is 0 Å². The molecule has 1 aliphatic carbocycles. The van der Waals surface area contributed by atoms with Gasteiger partial charge in [0.1, 0.15) is 0 Å². The van der Waals surface area contributed by atoms with Gasteiger partial charge in [0.25, 0.3) is 0 Å². The Balaban J connectivity index is 1.62. The largest absolute Gasteiger partial charge is 0.352 e. The average molecular weight is 229 g/mol. The minimum absolute atomic E-state index is 0.610. The maximum atomic E-state index is 4.61. The zero-order chi connectivity index (χ0) is 11.5. The zero-order valence-electron chi connectivity index (χ0n) is 10.0. The van der Waals surface area contributed by atoms with Gasteiger partial charge < -0.3 is 10.6 Å². The molecule has 2 unspecified atom stereocenters. The summed E-state index contributed by atoms with van der Waals surface area (Å²) in [6, 6.07) is 11.6. The summed E-state index contributed by atoms with van der Waals surface area (Å²) in [5.41, 5.74) is 1.26. The fraction of sp³-hybridized carbons (Fsp3) is 0.500. The number of aliphatic imine (C=N–C) groups is 1. The highest BCUT2D eigenvalue weighted by Crippen LogP contribution is 2.21. The van der Waals surface area contributed by atoms with Gasteiger partial charge in [-0.1, -0.05) is 43.2 Å². The van der Waals surface area contributed by atoms with Gasteiger partial charge in [-0.3, -0.25) is 0 Å². The van der Waals surface area contributed by atoms with Crippen molar-refractivity contribution in [2.75, 3.05) is 0 Å². The van der Waals surface area contributed by atoms with Gasteiger partial charge in [0.15, 0.2) is 5.96 Å². The van der Waals surface area contributed by atoms with E-state index in [-0.39, 0.29) is 0 Å². The summed E-state index contributed by atoms with van der Waals surface area (Å²) in [6.45, 7) is 0.760. The molecule has 0 radical (unpaired) electrons. The summed E-state index contributed by atoms with van der Waals surface area (Å²) in [5, 5.41) is 7.00. The van der Waals surface area contributed by atoms with E-state index in [0.29, 0.717) is 12.1 Å². The number of nitrogens with one attached hydrogen (secondary N) is 2. The third-order valence-electron chi connectivity index (χ3n) is 3.67. The third-order valence-corrected chi connectivity index (χ3v) is 3.67. The van der Waals surface area contributed by atoms with Crippen molar-refractivity contribution in [1.82, 2.24) is 10.6 Å². The number of hydrogen-bond acceptors (Lipinski definition) is 1. The van der Waals surface area contributed by atoms with Crippen LogP contribution in [0, 0.1) is 0 Å². The normalized spacial score (nSPS) is 26.9. The molecule has 0 amide bonds. The van der Waals surface area contributed by atoms with E-state index in [9.17, 15) is 0 Å². The van der Waals surface area contributed by atoms with E-state index in [2.05, 4.69) is 39.9 Å². The Kier molecular flexibility index (Phi) is 2.99. The highest BCUT2D eigenvalue weighted by atomic mass is 15.3. The van der Waals surface area contributed by atoms with Crippen LogP contribution >= 0.6 is 0 Å². The maximum Gasteiger partial charge on any atom is 0.192 e. The Hall–Kier alpha value is -1.51. The van der Waals surface area contributed by atoms with E-state index in [1.807, 2.05) is 6.07 Å². The Morgan fingerprint density at radius 3 is 2.29 bits per heavy atom. The number of hydrogen-bond donors (Lipinski definition) is 2. The van der Waals surface area contributed by atoms with E-state index in [1.165, 1.54) is 31.2 Å². The number of fused-ring (bicyclic) bond motifs is 1. The summed E-state index contributed by atoms with van der Waals surface area (Å²) in [6.07, 6.45) is 5.26. The van der Waals surface area contributed by atoms with Crippen molar-refractivity contribution in [3.8, 4) is 0 Å². The van der Waals surface area contributed by atoms with Crippen LogP contribution in [-0.2, 0) is 6.54 Å². The van der Waals surface area contributed by atoms with Gasteiger partial charge in [-0.2, -0.15) is 0 Å². The molecule has 2 atom stereocenters. The highest BCUT2D eigenvalue weighted by molar-refractivity contribution is 5.82. The lowest BCUT2D eigenvalue weighted by Gasteiger charge is -2.23. The zero-order valence-corrected chi connectivity index (χ0v) is 10.0. The number of nitrogens with zero attached hydrogens (tertiary/aromatic N) is 1. The molecule has 3 nitrogen and oxygen atoms in total.